The van der Waals surface area contributed by atoms with Crippen molar-refractivity contribution >= 4 is 13.7 Å². The number of hydrogen-bond acceptors (Lipinski definition) is 6. The summed E-state index contributed by atoms with van der Waals surface area (Å²) in [7, 11) is 1.25. The number of phosphoric ester groups is 1. The lowest BCUT2D eigenvalue weighted by molar-refractivity contribution is -0.870. The van der Waals surface area contributed by atoms with E-state index in [1.807, 2.05) is 27.2 Å². The maximum absolute atomic E-state index is 12.8. The molecule has 0 aromatic rings. The monoisotopic (exact) mass is 869 g/mol. The van der Waals surface area contributed by atoms with Crippen molar-refractivity contribution in [2.75, 3.05) is 40.9 Å². The molecule has 60 heavy (non-hydrogen) atoms. The average molecular weight is 869 g/mol. The van der Waals surface area contributed by atoms with Gasteiger partial charge >= 0.3 is 0 Å². The van der Waals surface area contributed by atoms with Crippen LogP contribution in [0.1, 0.15) is 245 Å². The zero-order valence-corrected chi connectivity index (χ0v) is 41.3. The number of hydrogen-bond donors (Lipinski definition) is 2. The van der Waals surface area contributed by atoms with Gasteiger partial charge < -0.3 is 28.8 Å². The maximum Gasteiger partial charge on any atom is 0.268 e. The van der Waals surface area contributed by atoms with Crippen LogP contribution in [0.2, 0.25) is 0 Å². The zero-order chi connectivity index (χ0) is 44.3. The average Bonchev–Trinajstić information content (AvgIpc) is 3.20. The van der Waals surface area contributed by atoms with E-state index in [0.717, 1.165) is 38.5 Å². The van der Waals surface area contributed by atoms with Crippen LogP contribution >= 0.6 is 7.82 Å². The Hall–Kier alpha value is -1.02. The number of aliphatic hydroxyl groups excluding tert-OH is 1. The molecule has 0 bridgehead atoms. The van der Waals surface area contributed by atoms with Crippen molar-refractivity contribution in [1.82, 2.24) is 5.32 Å². The predicted molar refractivity (Wildman–Crippen MR) is 256 cm³/mol. The number of carbonyl (C=O) groups excluding carboxylic acids is 1. The molecule has 1 amide bonds. The van der Waals surface area contributed by atoms with Gasteiger partial charge in [0, 0.05) is 6.42 Å². The van der Waals surface area contributed by atoms with Crippen molar-refractivity contribution in [3.8, 4) is 0 Å². The molecule has 0 aromatic heterocycles. The number of aliphatic hydroxyl groups is 1. The molecule has 0 fully saturated rings. The smallest absolute Gasteiger partial charge is 0.268 e. The highest BCUT2D eigenvalue weighted by Crippen LogP contribution is 2.38. The number of nitrogens with one attached hydrogen (secondary N) is 1. The van der Waals surface area contributed by atoms with Crippen LogP contribution in [0.5, 0.6) is 0 Å². The van der Waals surface area contributed by atoms with E-state index in [1.165, 1.54) is 186 Å². The van der Waals surface area contributed by atoms with E-state index in [2.05, 4.69) is 31.3 Å². The first kappa shape index (κ1) is 59.0. The molecule has 0 aliphatic heterocycles. The topological polar surface area (TPSA) is 108 Å². The summed E-state index contributed by atoms with van der Waals surface area (Å²) >= 11 is 0. The van der Waals surface area contributed by atoms with Crippen molar-refractivity contribution in [3.05, 3.63) is 24.3 Å². The Morgan fingerprint density at radius 2 is 0.933 bits per heavy atom. The molecule has 3 unspecified atom stereocenters. The predicted octanol–water partition coefficient (Wildman–Crippen LogP) is 14.2. The molecule has 0 saturated carbocycles. The minimum Gasteiger partial charge on any atom is -0.756 e. The second kappa shape index (κ2) is 43.2. The van der Waals surface area contributed by atoms with Crippen LogP contribution in [0.3, 0.4) is 0 Å². The summed E-state index contributed by atoms with van der Waals surface area (Å²) in [6.07, 6.45) is 52.8. The van der Waals surface area contributed by atoms with Crippen molar-refractivity contribution in [2.45, 2.75) is 257 Å². The van der Waals surface area contributed by atoms with Gasteiger partial charge in [0.25, 0.3) is 7.82 Å². The van der Waals surface area contributed by atoms with Crippen LogP contribution in [0, 0.1) is 0 Å². The van der Waals surface area contributed by atoms with Crippen LogP contribution < -0.4 is 10.2 Å². The molecule has 0 aromatic carbocycles. The molecular formula is C51H101N2O6P. The molecule has 2 N–H and O–H groups in total. The van der Waals surface area contributed by atoms with Crippen LogP contribution in [-0.2, 0) is 18.4 Å². The zero-order valence-electron chi connectivity index (χ0n) is 40.4. The fraction of sp³-hybridized carbons (Fsp3) is 0.902. The SMILES string of the molecule is CCCCCCCCCCCCCCCCCCCCCCCCCC/C=C/CC/C=C/C(O)C(COP(=O)([O-])OCC[N+](C)(C)C)NC(=O)CCCCCCCCCC. The largest absolute Gasteiger partial charge is 0.756 e. The molecule has 8 nitrogen and oxygen atoms in total. The first-order chi connectivity index (χ1) is 29.0. The first-order valence-electron chi connectivity index (χ1n) is 25.7. The lowest BCUT2D eigenvalue weighted by Gasteiger charge is -2.29. The number of amides is 1. The van der Waals surface area contributed by atoms with Crippen LogP contribution in [-0.4, -0.2) is 68.5 Å². The molecule has 0 aliphatic rings. The van der Waals surface area contributed by atoms with Gasteiger partial charge in [0.15, 0.2) is 0 Å². The molecular weight excluding hydrogens is 768 g/mol. The minimum absolute atomic E-state index is 0.00457. The summed E-state index contributed by atoms with van der Waals surface area (Å²) in [4.78, 5) is 25.2. The number of nitrogens with zero attached hydrogens (tertiary/aromatic N) is 1. The molecule has 0 aliphatic carbocycles. The lowest BCUT2D eigenvalue weighted by atomic mass is 10.0. The quantitative estimate of drug-likeness (QED) is 0.0273. The first-order valence-corrected chi connectivity index (χ1v) is 27.2. The van der Waals surface area contributed by atoms with E-state index < -0.39 is 20.0 Å². The Balaban J connectivity index is 4.06. The number of phosphoric acid groups is 1. The second-order valence-electron chi connectivity index (χ2n) is 18.9. The molecule has 3 atom stereocenters. The molecule has 0 heterocycles. The Kier molecular flexibility index (Phi) is 42.5. The van der Waals surface area contributed by atoms with Gasteiger partial charge in [-0.2, -0.15) is 0 Å². The fourth-order valence-corrected chi connectivity index (χ4v) is 8.30. The summed E-state index contributed by atoms with van der Waals surface area (Å²) in [6.45, 7) is 4.60. The Bertz CT molecular complexity index is 1030. The highest BCUT2D eigenvalue weighted by atomic mass is 31.2. The van der Waals surface area contributed by atoms with Crippen LogP contribution in [0.4, 0.5) is 0 Å². The highest BCUT2D eigenvalue weighted by molar-refractivity contribution is 7.45. The van der Waals surface area contributed by atoms with E-state index in [-0.39, 0.29) is 19.1 Å². The van der Waals surface area contributed by atoms with Gasteiger partial charge in [-0.3, -0.25) is 9.36 Å². The number of likely N-dealkylation sites (N-methyl/N-ethyl adjacent to an activating group) is 1. The summed E-state index contributed by atoms with van der Waals surface area (Å²) in [5.74, 6) is -0.211. The third-order valence-corrected chi connectivity index (χ3v) is 12.6. The highest BCUT2D eigenvalue weighted by Gasteiger charge is 2.23. The van der Waals surface area contributed by atoms with E-state index in [4.69, 9.17) is 9.05 Å². The molecule has 9 heteroatoms. The third kappa shape index (κ3) is 45.0. The summed E-state index contributed by atoms with van der Waals surface area (Å²) < 4.78 is 23.1. The molecule has 0 radical (unpaired) electrons. The van der Waals surface area contributed by atoms with Crippen molar-refractivity contribution < 1.29 is 32.9 Å². The van der Waals surface area contributed by atoms with E-state index in [0.29, 0.717) is 17.4 Å². The standard InChI is InChI=1S/C51H101N2O6P/c1-6-8-10-12-14-16-17-18-19-20-21-22-23-24-25-26-27-28-29-30-31-32-33-34-35-36-37-38-40-42-44-50(54)49(48-59-60(56,57)58-47-46-53(3,4)5)52-51(55)45-43-41-39-15-13-11-9-7-2/h36-37,42,44,49-50,54H,6-35,38-41,43,45-48H2,1-5H3,(H-,52,55,56,57)/b37-36+,44-42+. The van der Waals surface area contributed by atoms with Crippen LogP contribution in [0.25, 0.3) is 0 Å². The van der Waals surface area contributed by atoms with E-state index in [1.54, 1.807) is 6.08 Å². The molecule has 356 valence electrons. The van der Waals surface area contributed by atoms with Gasteiger partial charge in [-0.25, -0.2) is 0 Å². The maximum atomic E-state index is 12.8. The molecule has 0 saturated heterocycles. The van der Waals surface area contributed by atoms with Gasteiger partial charge in [-0.15, -0.1) is 0 Å². The van der Waals surface area contributed by atoms with Gasteiger partial charge in [-0.1, -0.05) is 231 Å². The molecule has 0 rings (SSSR count). The summed E-state index contributed by atoms with van der Waals surface area (Å²) in [6, 6.07) is -0.897. The van der Waals surface area contributed by atoms with Gasteiger partial charge in [0.05, 0.1) is 39.9 Å². The van der Waals surface area contributed by atoms with Gasteiger partial charge in [0.2, 0.25) is 5.91 Å². The van der Waals surface area contributed by atoms with Gasteiger partial charge in [-0.05, 0) is 32.1 Å². The van der Waals surface area contributed by atoms with Crippen molar-refractivity contribution in [3.63, 3.8) is 0 Å². The Labute approximate surface area is 373 Å². The Morgan fingerprint density at radius 3 is 1.35 bits per heavy atom. The minimum atomic E-state index is -4.59. The third-order valence-electron chi connectivity index (χ3n) is 11.7. The number of rotatable bonds is 47. The number of carbonyl (C=O) groups is 1. The summed E-state index contributed by atoms with van der Waals surface area (Å²) in [5.41, 5.74) is 0. The van der Waals surface area contributed by atoms with Crippen molar-refractivity contribution in [2.24, 2.45) is 0 Å². The van der Waals surface area contributed by atoms with Crippen LogP contribution in [0.15, 0.2) is 24.3 Å². The number of quaternary nitrogens is 1. The van der Waals surface area contributed by atoms with E-state index >= 15 is 0 Å². The second-order valence-corrected chi connectivity index (χ2v) is 20.3. The summed E-state index contributed by atoms with van der Waals surface area (Å²) in [5, 5.41) is 13.7. The lowest BCUT2D eigenvalue weighted by Crippen LogP contribution is -2.45. The normalized spacial score (nSPS) is 14.3. The van der Waals surface area contributed by atoms with Crippen molar-refractivity contribution in [1.29, 1.82) is 0 Å². The van der Waals surface area contributed by atoms with E-state index in [9.17, 15) is 19.4 Å². The number of allylic oxidation sites excluding steroid dienone is 3. The van der Waals surface area contributed by atoms with Gasteiger partial charge in [0.1, 0.15) is 13.2 Å². The Morgan fingerprint density at radius 1 is 0.567 bits per heavy atom. The molecule has 0 spiro atoms. The number of unbranched alkanes of at least 4 members (excludes halogenated alkanes) is 32. The fourth-order valence-electron chi connectivity index (χ4n) is 7.58.